The van der Waals surface area contributed by atoms with Gasteiger partial charge in [0, 0.05) is 22.9 Å². The molecular weight excluding hydrogens is 813 g/mol. The first-order chi connectivity index (χ1) is 26.4. The number of rotatable bonds is 10. The fourth-order valence-electron chi connectivity index (χ4n) is 5.65. The number of aromatic hydroxyl groups is 2. The minimum absolute atomic E-state index is 0. The van der Waals surface area contributed by atoms with Crippen LogP contribution < -0.4 is 0 Å². The quantitative estimate of drug-likeness (QED) is 0.0433. The molecule has 2 N–H and O–H groups in total. The number of nitro groups is 2. The molecule has 0 spiro atoms. The molecule has 0 amide bonds. The number of hydrogen-bond donors (Lipinski definition) is 2. The summed E-state index contributed by atoms with van der Waals surface area (Å²) in [6.45, 7) is 3.48. The van der Waals surface area contributed by atoms with Crippen molar-refractivity contribution in [1.29, 1.82) is 0 Å². The van der Waals surface area contributed by atoms with Gasteiger partial charge in [0.15, 0.2) is 0 Å². The molecular formula is C36H28CaN6O12S2. The van der Waals surface area contributed by atoms with Crippen molar-refractivity contribution in [2.75, 3.05) is 0 Å². The van der Waals surface area contributed by atoms with Gasteiger partial charge in [0.1, 0.15) is 43.1 Å². The molecule has 0 saturated heterocycles. The minimum atomic E-state index is -4.70. The molecule has 288 valence electrons. The maximum atomic E-state index is 11.3. The van der Waals surface area contributed by atoms with E-state index in [1.165, 1.54) is 72.8 Å². The molecule has 6 aromatic rings. The van der Waals surface area contributed by atoms with Gasteiger partial charge in [-0.1, -0.05) is 50.2 Å². The molecule has 18 nitrogen and oxygen atoms in total. The summed E-state index contributed by atoms with van der Waals surface area (Å²) in [7, 11) is -9.39. The fourth-order valence-corrected chi connectivity index (χ4v) is 6.65. The van der Waals surface area contributed by atoms with E-state index in [4.69, 9.17) is 0 Å². The summed E-state index contributed by atoms with van der Waals surface area (Å²) < 4.78 is 67.8. The van der Waals surface area contributed by atoms with E-state index in [1.807, 2.05) is 0 Å². The third-order valence-electron chi connectivity index (χ3n) is 8.33. The molecule has 0 fully saturated rings. The SMILES string of the molecule is CCc1c(N=Nc2c(O)ccc3ccc(S(=O)(=O)[O-])cc23)cccc1[N+](=O)[O-].CCc1c(N=Nc2c(O)ccc3ccc(S(=O)(=O)[O-])cc23)cccc1[N+](=O)[O-].[Ca+2]. The number of phenols is 2. The van der Waals surface area contributed by atoms with Crippen LogP contribution in [-0.4, -0.2) is 83.7 Å². The van der Waals surface area contributed by atoms with Crippen molar-refractivity contribution in [3.8, 4) is 11.5 Å². The zero-order valence-corrected chi connectivity index (χ0v) is 33.7. The maximum absolute atomic E-state index is 11.3. The molecule has 0 radical (unpaired) electrons. The van der Waals surface area contributed by atoms with E-state index >= 15 is 0 Å². The monoisotopic (exact) mass is 840 g/mol. The summed E-state index contributed by atoms with van der Waals surface area (Å²) in [5, 5.41) is 60.2. The van der Waals surface area contributed by atoms with E-state index in [1.54, 1.807) is 26.0 Å². The first-order valence-corrected chi connectivity index (χ1v) is 19.1. The van der Waals surface area contributed by atoms with Crippen LogP contribution >= 0.6 is 0 Å². The second-order valence-electron chi connectivity index (χ2n) is 11.7. The normalized spacial score (nSPS) is 11.7. The second-order valence-corrected chi connectivity index (χ2v) is 14.5. The van der Waals surface area contributed by atoms with Crippen molar-refractivity contribution < 1.29 is 46.0 Å². The van der Waals surface area contributed by atoms with Crippen molar-refractivity contribution >= 4 is 114 Å². The average molecular weight is 841 g/mol. The fraction of sp³-hybridized carbons (Fsp3) is 0.111. The Balaban J connectivity index is 0.000000248. The Morgan fingerprint density at radius 3 is 1.23 bits per heavy atom. The molecule has 0 atom stereocenters. The summed E-state index contributed by atoms with van der Waals surface area (Å²) in [4.78, 5) is 20.4. The zero-order chi connectivity index (χ0) is 40.9. The van der Waals surface area contributed by atoms with Crippen molar-refractivity contribution in [2.24, 2.45) is 20.5 Å². The van der Waals surface area contributed by atoms with Crippen LogP contribution in [0, 0.1) is 20.2 Å². The predicted octanol–water partition coefficient (Wildman–Crippen LogP) is 8.29. The van der Waals surface area contributed by atoms with Gasteiger partial charge in [-0.05, 0) is 72.1 Å². The third kappa shape index (κ3) is 10.1. The Hall–Kier alpha value is -5.48. The maximum Gasteiger partial charge on any atom is 2.00 e. The van der Waals surface area contributed by atoms with Crippen molar-refractivity contribution in [2.45, 2.75) is 36.5 Å². The van der Waals surface area contributed by atoms with E-state index in [-0.39, 0.29) is 94.1 Å². The van der Waals surface area contributed by atoms with Gasteiger partial charge in [0.25, 0.3) is 11.4 Å². The predicted molar refractivity (Wildman–Crippen MR) is 206 cm³/mol. The average Bonchev–Trinajstić information content (AvgIpc) is 3.15. The number of phenolic OH excluding ortho intramolecular Hbond substituents is 2. The van der Waals surface area contributed by atoms with Gasteiger partial charge in [-0.3, -0.25) is 20.2 Å². The first-order valence-electron chi connectivity index (χ1n) is 16.2. The van der Waals surface area contributed by atoms with Crippen LogP contribution in [-0.2, 0) is 33.1 Å². The Morgan fingerprint density at radius 1 is 0.561 bits per heavy atom. The van der Waals surface area contributed by atoms with Gasteiger partial charge in [-0.15, -0.1) is 20.5 Å². The van der Waals surface area contributed by atoms with E-state index in [9.17, 15) is 56.4 Å². The van der Waals surface area contributed by atoms with Crippen LogP contribution in [0.15, 0.2) is 127 Å². The number of nitro benzene ring substituents is 2. The third-order valence-corrected chi connectivity index (χ3v) is 10.00. The molecule has 0 bridgehead atoms. The summed E-state index contributed by atoms with van der Waals surface area (Å²) >= 11 is 0. The van der Waals surface area contributed by atoms with Crippen molar-refractivity contribution in [3.63, 3.8) is 0 Å². The van der Waals surface area contributed by atoms with Gasteiger partial charge in [0.05, 0.1) is 42.1 Å². The Labute approximate surface area is 354 Å². The van der Waals surface area contributed by atoms with Crippen LogP contribution in [0.3, 0.4) is 0 Å². The molecule has 0 saturated carbocycles. The van der Waals surface area contributed by atoms with Crippen molar-refractivity contribution in [3.05, 3.63) is 128 Å². The number of hydrogen-bond acceptors (Lipinski definition) is 16. The molecule has 6 aromatic carbocycles. The van der Waals surface area contributed by atoms with Gasteiger partial charge in [0.2, 0.25) is 0 Å². The van der Waals surface area contributed by atoms with Crippen LogP contribution in [0.5, 0.6) is 11.5 Å². The number of fused-ring (bicyclic) bond motifs is 2. The van der Waals surface area contributed by atoms with Gasteiger partial charge in [-0.2, -0.15) is 0 Å². The zero-order valence-electron chi connectivity index (χ0n) is 29.8. The molecule has 6 rings (SSSR count). The molecule has 57 heavy (non-hydrogen) atoms. The van der Waals surface area contributed by atoms with E-state index in [2.05, 4.69) is 20.5 Å². The molecule has 0 aliphatic heterocycles. The van der Waals surface area contributed by atoms with Gasteiger partial charge in [-0.25, -0.2) is 16.8 Å². The molecule has 0 aliphatic carbocycles. The summed E-state index contributed by atoms with van der Waals surface area (Å²) in [6.07, 6.45) is 0.678. The Morgan fingerprint density at radius 2 is 0.912 bits per heavy atom. The molecule has 0 unspecified atom stereocenters. The molecule has 0 aromatic heterocycles. The van der Waals surface area contributed by atoms with Gasteiger partial charge >= 0.3 is 37.7 Å². The number of nitrogens with zero attached hydrogens (tertiary/aromatic N) is 6. The first kappa shape index (κ1) is 44.2. The minimum Gasteiger partial charge on any atom is -0.744 e. The van der Waals surface area contributed by atoms with Crippen molar-refractivity contribution in [1.82, 2.24) is 0 Å². The van der Waals surface area contributed by atoms with Crippen LogP contribution in [0.4, 0.5) is 34.1 Å². The van der Waals surface area contributed by atoms with Gasteiger partial charge < -0.3 is 19.3 Å². The molecule has 0 heterocycles. The Kier molecular flexibility index (Phi) is 14.1. The van der Waals surface area contributed by atoms with E-state index in [0.29, 0.717) is 34.7 Å². The smallest absolute Gasteiger partial charge is 0.744 e. The number of benzene rings is 6. The van der Waals surface area contributed by atoms with E-state index in [0.717, 1.165) is 12.1 Å². The number of azo groups is 2. The van der Waals surface area contributed by atoms with Crippen LogP contribution in [0.2, 0.25) is 0 Å². The standard InChI is InChI=1S/2C18H15N3O6S.Ca/c2*1-2-13-15(4-3-5-16(13)21(23)24)19-20-18-14-10-12(28(25,26)27)8-6-11(14)7-9-17(18)22;/h2*3-10,22H,2H2,1H3,(H,25,26,27);/q;;+2/p-2. The topological polar surface area (TPSA) is 291 Å². The van der Waals surface area contributed by atoms with Crippen LogP contribution in [0.1, 0.15) is 25.0 Å². The van der Waals surface area contributed by atoms with E-state index < -0.39 is 39.9 Å². The molecule has 0 aliphatic rings. The summed E-state index contributed by atoms with van der Waals surface area (Å²) in [5.41, 5.74) is 0.966. The van der Waals surface area contributed by atoms with Crippen LogP contribution in [0.25, 0.3) is 21.5 Å². The second kappa shape index (κ2) is 18.2. The summed E-state index contributed by atoms with van der Waals surface area (Å²) in [6, 6.07) is 21.9. The largest absolute Gasteiger partial charge is 2.00 e. The Bertz CT molecular complexity index is 2640. The summed E-state index contributed by atoms with van der Waals surface area (Å²) in [5.74, 6) is -0.555. The molecule has 21 heteroatoms.